The number of nitrogens with zero attached hydrogens (tertiary/aromatic N) is 1. The number of anilines is 1. The summed E-state index contributed by atoms with van der Waals surface area (Å²) in [6, 6.07) is 8.66. The average molecular weight is 335 g/mol. The van der Waals surface area contributed by atoms with E-state index in [1.807, 2.05) is 0 Å². The van der Waals surface area contributed by atoms with Crippen LogP contribution in [0.15, 0.2) is 36.4 Å². The molecule has 2 aromatic carbocycles. The molecule has 23 heavy (non-hydrogen) atoms. The number of ether oxygens (including phenoxy) is 2. The van der Waals surface area contributed by atoms with Crippen LogP contribution in [0.25, 0.3) is 0 Å². The van der Waals surface area contributed by atoms with Crippen molar-refractivity contribution >= 4 is 28.9 Å². The molecule has 0 fully saturated rings. The number of carbonyl (C=O) groups is 1. The van der Waals surface area contributed by atoms with E-state index in [0.717, 1.165) is 0 Å². The van der Waals surface area contributed by atoms with Crippen LogP contribution >= 0.6 is 11.6 Å². The summed E-state index contributed by atoms with van der Waals surface area (Å²) in [5, 5.41) is 13.4. The zero-order valence-corrected chi connectivity index (χ0v) is 12.5. The first kappa shape index (κ1) is 15.1. The highest BCUT2D eigenvalue weighted by Crippen LogP contribution is 2.32. The number of nitro benzene ring substituents is 1. The molecule has 0 aliphatic carbocycles. The van der Waals surface area contributed by atoms with Gasteiger partial charge in [0.25, 0.3) is 11.6 Å². The third-order valence-electron chi connectivity index (χ3n) is 3.22. The Balaban J connectivity index is 1.80. The van der Waals surface area contributed by atoms with Crippen LogP contribution in [0.1, 0.15) is 10.4 Å². The molecule has 118 valence electrons. The molecule has 1 heterocycles. The van der Waals surface area contributed by atoms with Gasteiger partial charge in [0.2, 0.25) is 0 Å². The van der Waals surface area contributed by atoms with Gasteiger partial charge < -0.3 is 14.8 Å². The van der Waals surface area contributed by atoms with Gasteiger partial charge in [-0.2, -0.15) is 0 Å². The molecular weight excluding hydrogens is 324 g/mol. The first-order valence-electron chi connectivity index (χ1n) is 6.69. The number of benzene rings is 2. The maximum Gasteiger partial charge on any atom is 0.271 e. The Morgan fingerprint density at radius 1 is 1.13 bits per heavy atom. The van der Waals surface area contributed by atoms with Gasteiger partial charge in [0, 0.05) is 17.7 Å². The molecule has 0 saturated carbocycles. The van der Waals surface area contributed by atoms with Crippen molar-refractivity contribution in [1.29, 1.82) is 0 Å². The molecule has 3 rings (SSSR count). The lowest BCUT2D eigenvalue weighted by molar-refractivity contribution is -0.384. The van der Waals surface area contributed by atoms with E-state index in [1.54, 1.807) is 18.2 Å². The smallest absolute Gasteiger partial charge is 0.271 e. The molecule has 1 amide bonds. The fourth-order valence-corrected chi connectivity index (χ4v) is 2.32. The van der Waals surface area contributed by atoms with E-state index in [-0.39, 0.29) is 16.4 Å². The van der Waals surface area contributed by atoms with E-state index < -0.39 is 10.8 Å². The lowest BCUT2D eigenvalue weighted by Gasteiger charge is -2.18. The van der Waals surface area contributed by atoms with Gasteiger partial charge in [-0.25, -0.2) is 0 Å². The second-order valence-electron chi connectivity index (χ2n) is 4.73. The van der Waals surface area contributed by atoms with Crippen molar-refractivity contribution in [3.63, 3.8) is 0 Å². The molecule has 2 aromatic rings. The molecule has 0 bridgehead atoms. The largest absolute Gasteiger partial charge is 0.486 e. The Labute approximate surface area is 135 Å². The number of nitrogens with one attached hydrogen (secondary N) is 1. The van der Waals surface area contributed by atoms with Crippen LogP contribution in [0.2, 0.25) is 5.02 Å². The van der Waals surface area contributed by atoms with E-state index in [2.05, 4.69) is 5.32 Å². The molecule has 0 aromatic heterocycles. The number of amides is 1. The minimum absolute atomic E-state index is 0.0880. The van der Waals surface area contributed by atoms with Crippen molar-refractivity contribution in [3.8, 4) is 11.5 Å². The molecule has 0 spiro atoms. The van der Waals surface area contributed by atoms with Crippen LogP contribution in [0, 0.1) is 10.1 Å². The maximum atomic E-state index is 12.3. The number of hydrogen-bond donors (Lipinski definition) is 1. The number of non-ortho nitro benzene ring substituents is 1. The molecule has 1 N–H and O–H groups in total. The van der Waals surface area contributed by atoms with E-state index in [4.69, 9.17) is 21.1 Å². The Morgan fingerprint density at radius 2 is 1.87 bits per heavy atom. The standard InChI is InChI=1S/C15H11ClN2O5/c16-11-8-10(18(20)21)2-3-12(11)17-15(19)9-1-4-13-14(7-9)23-6-5-22-13/h1-4,7-8H,5-6H2,(H,17,19). The van der Waals surface area contributed by atoms with Crippen LogP contribution < -0.4 is 14.8 Å². The highest BCUT2D eigenvalue weighted by atomic mass is 35.5. The van der Waals surface area contributed by atoms with Crippen LogP contribution in [-0.2, 0) is 0 Å². The van der Waals surface area contributed by atoms with Crippen molar-refractivity contribution in [3.05, 3.63) is 57.1 Å². The molecule has 0 unspecified atom stereocenters. The van der Waals surface area contributed by atoms with Crippen LogP contribution in [0.5, 0.6) is 11.5 Å². The zero-order valence-electron chi connectivity index (χ0n) is 11.7. The van der Waals surface area contributed by atoms with Crippen molar-refractivity contribution in [2.24, 2.45) is 0 Å². The highest BCUT2D eigenvalue weighted by Gasteiger charge is 2.16. The second kappa shape index (κ2) is 6.13. The first-order chi connectivity index (χ1) is 11.0. The summed E-state index contributed by atoms with van der Waals surface area (Å²) in [5.74, 6) is 0.678. The van der Waals surface area contributed by atoms with Gasteiger partial charge in [-0.05, 0) is 24.3 Å². The Hall–Kier alpha value is -2.80. The number of carbonyl (C=O) groups excluding carboxylic acids is 1. The Morgan fingerprint density at radius 3 is 2.57 bits per heavy atom. The van der Waals surface area contributed by atoms with E-state index >= 15 is 0 Å². The van der Waals surface area contributed by atoms with Gasteiger partial charge in [-0.15, -0.1) is 0 Å². The minimum Gasteiger partial charge on any atom is -0.486 e. The molecule has 1 aliphatic rings. The summed E-state index contributed by atoms with van der Waals surface area (Å²) < 4.78 is 10.8. The number of fused-ring (bicyclic) bond motifs is 1. The molecule has 0 saturated heterocycles. The van der Waals surface area contributed by atoms with Gasteiger partial charge in [-0.1, -0.05) is 11.6 Å². The van der Waals surface area contributed by atoms with Gasteiger partial charge in [0.05, 0.1) is 15.6 Å². The molecule has 8 heteroatoms. The monoisotopic (exact) mass is 334 g/mol. The van der Waals surface area contributed by atoms with Crippen molar-refractivity contribution in [1.82, 2.24) is 0 Å². The number of hydrogen-bond acceptors (Lipinski definition) is 5. The summed E-state index contributed by atoms with van der Waals surface area (Å²) in [6.07, 6.45) is 0. The van der Waals surface area contributed by atoms with Crippen molar-refractivity contribution < 1.29 is 19.2 Å². The third-order valence-corrected chi connectivity index (χ3v) is 3.53. The Kier molecular flexibility index (Phi) is 4.03. The molecule has 7 nitrogen and oxygen atoms in total. The predicted octanol–water partition coefficient (Wildman–Crippen LogP) is 3.27. The third kappa shape index (κ3) is 3.19. The molecule has 1 aliphatic heterocycles. The second-order valence-corrected chi connectivity index (χ2v) is 5.14. The normalized spacial score (nSPS) is 12.6. The zero-order chi connectivity index (χ0) is 16.4. The SMILES string of the molecule is O=C(Nc1ccc([N+](=O)[O-])cc1Cl)c1ccc2c(c1)OCCO2. The summed E-state index contributed by atoms with van der Waals surface area (Å²) in [4.78, 5) is 22.4. The van der Waals surface area contributed by atoms with Crippen molar-refractivity contribution in [2.75, 3.05) is 18.5 Å². The summed E-state index contributed by atoms with van der Waals surface area (Å²) in [5.41, 5.74) is 0.508. The maximum absolute atomic E-state index is 12.3. The Bertz CT molecular complexity index is 793. The summed E-state index contributed by atoms with van der Waals surface area (Å²) in [7, 11) is 0. The summed E-state index contributed by atoms with van der Waals surface area (Å²) in [6.45, 7) is 0.892. The van der Waals surface area contributed by atoms with Gasteiger partial charge in [0.1, 0.15) is 13.2 Å². The fourth-order valence-electron chi connectivity index (χ4n) is 2.10. The number of nitro groups is 1. The average Bonchev–Trinajstić information content (AvgIpc) is 2.56. The van der Waals surface area contributed by atoms with Gasteiger partial charge in [-0.3, -0.25) is 14.9 Å². The molecule has 0 atom stereocenters. The van der Waals surface area contributed by atoms with Crippen LogP contribution in [0.4, 0.5) is 11.4 Å². The quantitative estimate of drug-likeness (QED) is 0.687. The highest BCUT2D eigenvalue weighted by molar-refractivity contribution is 6.34. The number of rotatable bonds is 3. The first-order valence-corrected chi connectivity index (χ1v) is 7.07. The summed E-state index contributed by atoms with van der Waals surface area (Å²) >= 11 is 5.96. The van der Waals surface area contributed by atoms with E-state index in [9.17, 15) is 14.9 Å². The fraction of sp³-hybridized carbons (Fsp3) is 0.133. The van der Waals surface area contributed by atoms with E-state index in [1.165, 1.54) is 18.2 Å². The van der Waals surface area contributed by atoms with Gasteiger partial charge >= 0.3 is 0 Å². The number of halogens is 1. The van der Waals surface area contributed by atoms with Gasteiger partial charge in [0.15, 0.2) is 11.5 Å². The van der Waals surface area contributed by atoms with Crippen molar-refractivity contribution in [2.45, 2.75) is 0 Å². The minimum atomic E-state index is -0.557. The van der Waals surface area contributed by atoms with Crippen LogP contribution in [-0.4, -0.2) is 24.0 Å². The lowest BCUT2D eigenvalue weighted by Crippen LogP contribution is -2.17. The topological polar surface area (TPSA) is 90.7 Å². The molecular formula is C15H11ClN2O5. The predicted molar refractivity (Wildman–Crippen MR) is 83.5 cm³/mol. The van der Waals surface area contributed by atoms with E-state index in [0.29, 0.717) is 30.3 Å². The van der Waals surface area contributed by atoms with Crippen LogP contribution in [0.3, 0.4) is 0 Å². The lowest BCUT2D eigenvalue weighted by atomic mass is 10.1. The molecule has 0 radical (unpaired) electrons.